The summed E-state index contributed by atoms with van der Waals surface area (Å²) in [6.45, 7) is 0.436. The number of nitrogens with two attached hydrogens (primary N) is 1. The Morgan fingerprint density at radius 3 is 3.11 bits per heavy atom. The Balaban J connectivity index is 2.01. The van der Waals surface area contributed by atoms with Crippen molar-refractivity contribution < 1.29 is 9.21 Å². The lowest BCUT2D eigenvalue weighted by Crippen LogP contribution is -2.15. The highest BCUT2D eigenvalue weighted by Crippen LogP contribution is 2.23. The molecule has 0 saturated carbocycles. The van der Waals surface area contributed by atoms with Gasteiger partial charge in [-0.3, -0.25) is 4.79 Å². The zero-order chi connectivity index (χ0) is 13.2. The molecule has 0 spiro atoms. The number of hydrogen-bond donors (Lipinski definition) is 3. The molecule has 4 N–H and O–H groups in total. The van der Waals surface area contributed by atoms with Gasteiger partial charge in [-0.25, -0.2) is 9.97 Å². The summed E-state index contributed by atoms with van der Waals surface area (Å²) in [4.78, 5) is 22.5. The van der Waals surface area contributed by atoms with E-state index in [0.717, 1.165) is 5.76 Å². The summed E-state index contributed by atoms with van der Waals surface area (Å²) < 4.78 is 5.23. The second-order valence-corrected chi connectivity index (χ2v) is 3.95. The van der Waals surface area contributed by atoms with Gasteiger partial charge in [0.05, 0.1) is 30.4 Å². The van der Waals surface area contributed by atoms with Crippen molar-refractivity contribution in [3.8, 4) is 0 Å². The number of imidazole rings is 1. The van der Waals surface area contributed by atoms with E-state index in [9.17, 15) is 4.79 Å². The third-order valence-corrected chi connectivity index (χ3v) is 2.74. The van der Waals surface area contributed by atoms with E-state index in [1.165, 1.54) is 12.5 Å². The Hall–Kier alpha value is -2.83. The number of hydrogen-bond acceptors (Lipinski definition) is 5. The minimum absolute atomic E-state index is 0.309. The maximum absolute atomic E-state index is 11.4. The van der Waals surface area contributed by atoms with Crippen LogP contribution in [0.25, 0.3) is 11.2 Å². The highest BCUT2D eigenvalue weighted by molar-refractivity contribution is 6.04. The Morgan fingerprint density at radius 1 is 1.47 bits per heavy atom. The number of carbonyl (C=O) groups is 1. The lowest BCUT2D eigenvalue weighted by atomic mass is 10.2. The highest BCUT2D eigenvalue weighted by atomic mass is 16.3. The molecule has 3 aromatic heterocycles. The van der Waals surface area contributed by atoms with Crippen LogP contribution < -0.4 is 11.1 Å². The van der Waals surface area contributed by atoms with Gasteiger partial charge in [0.25, 0.3) is 5.91 Å². The van der Waals surface area contributed by atoms with Gasteiger partial charge >= 0.3 is 0 Å². The Morgan fingerprint density at radius 2 is 2.37 bits per heavy atom. The molecule has 7 heteroatoms. The number of pyridine rings is 1. The molecule has 0 aliphatic heterocycles. The summed E-state index contributed by atoms with van der Waals surface area (Å²) in [6, 6.07) is 3.63. The topological polar surface area (TPSA) is 110 Å². The van der Waals surface area contributed by atoms with Crippen molar-refractivity contribution in [2.45, 2.75) is 6.54 Å². The molecule has 3 aromatic rings. The normalized spacial score (nSPS) is 10.7. The number of H-pyrrole nitrogens is 1. The lowest BCUT2D eigenvalue weighted by Gasteiger charge is -2.09. The molecule has 0 aromatic carbocycles. The first-order valence-electron chi connectivity index (χ1n) is 5.64. The van der Waals surface area contributed by atoms with E-state index < -0.39 is 5.91 Å². The number of primary amides is 1. The number of furan rings is 1. The molecule has 3 heterocycles. The first kappa shape index (κ1) is 11.3. The fourth-order valence-corrected chi connectivity index (χ4v) is 1.85. The van der Waals surface area contributed by atoms with E-state index in [0.29, 0.717) is 29.0 Å². The molecule has 0 unspecified atom stereocenters. The Bertz CT molecular complexity index is 717. The molecular weight excluding hydrogens is 246 g/mol. The van der Waals surface area contributed by atoms with Crippen LogP contribution >= 0.6 is 0 Å². The van der Waals surface area contributed by atoms with Crippen molar-refractivity contribution in [3.05, 3.63) is 42.2 Å². The average molecular weight is 257 g/mol. The monoisotopic (exact) mass is 257 g/mol. The van der Waals surface area contributed by atoms with E-state index >= 15 is 0 Å². The molecule has 0 aliphatic rings. The van der Waals surface area contributed by atoms with Crippen molar-refractivity contribution in [1.29, 1.82) is 0 Å². The summed E-state index contributed by atoms with van der Waals surface area (Å²) >= 11 is 0. The van der Waals surface area contributed by atoms with E-state index in [-0.39, 0.29) is 0 Å². The molecule has 0 bridgehead atoms. The van der Waals surface area contributed by atoms with Crippen LogP contribution in [0, 0.1) is 0 Å². The second kappa shape index (κ2) is 4.45. The zero-order valence-corrected chi connectivity index (χ0v) is 9.88. The number of fused-ring (bicyclic) bond motifs is 1. The number of aromatic nitrogens is 3. The van der Waals surface area contributed by atoms with Crippen LogP contribution in [0.1, 0.15) is 16.1 Å². The fourth-order valence-electron chi connectivity index (χ4n) is 1.85. The molecule has 96 valence electrons. The largest absolute Gasteiger partial charge is 0.467 e. The van der Waals surface area contributed by atoms with Gasteiger partial charge in [-0.05, 0) is 12.1 Å². The van der Waals surface area contributed by atoms with Crippen LogP contribution in [0.15, 0.2) is 35.3 Å². The summed E-state index contributed by atoms with van der Waals surface area (Å²) in [5.41, 5.74) is 7.39. The van der Waals surface area contributed by atoms with Crippen molar-refractivity contribution >= 4 is 22.8 Å². The number of aromatic amines is 1. The predicted octanol–water partition coefficient (Wildman–Crippen LogP) is 1.26. The maximum Gasteiger partial charge on any atom is 0.252 e. The van der Waals surface area contributed by atoms with E-state index in [1.807, 2.05) is 6.07 Å². The van der Waals surface area contributed by atoms with Gasteiger partial charge in [0, 0.05) is 6.20 Å². The van der Waals surface area contributed by atoms with Gasteiger partial charge in [-0.1, -0.05) is 0 Å². The van der Waals surface area contributed by atoms with Gasteiger partial charge < -0.3 is 20.5 Å². The molecule has 1 amide bonds. The minimum atomic E-state index is -0.550. The van der Waals surface area contributed by atoms with Crippen molar-refractivity contribution in [3.63, 3.8) is 0 Å². The third kappa shape index (κ3) is 2.01. The third-order valence-electron chi connectivity index (χ3n) is 2.74. The summed E-state index contributed by atoms with van der Waals surface area (Å²) in [6.07, 6.45) is 4.51. The highest BCUT2D eigenvalue weighted by Gasteiger charge is 2.14. The number of carbonyl (C=O) groups excluding carboxylic acids is 1. The predicted molar refractivity (Wildman–Crippen MR) is 68.4 cm³/mol. The molecule has 7 nitrogen and oxygen atoms in total. The van der Waals surface area contributed by atoms with Gasteiger partial charge in [-0.2, -0.15) is 0 Å². The fraction of sp³-hybridized carbons (Fsp3) is 0.0833. The molecular formula is C12H11N5O2. The average Bonchev–Trinajstić information content (AvgIpc) is 3.06. The molecule has 0 fully saturated rings. The molecule has 0 atom stereocenters. The number of nitrogens with zero attached hydrogens (tertiary/aromatic N) is 2. The van der Waals surface area contributed by atoms with Gasteiger partial charge in [-0.15, -0.1) is 0 Å². The summed E-state index contributed by atoms with van der Waals surface area (Å²) in [7, 11) is 0. The number of nitrogens with one attached hydrogen (secondary N) is 2. The Kier molecular flexibility index (Phi) is 2.64. The van der Waals surface area contributed by atoms with Crippen molar-refractivity contribution in [2.75, 3.05) is 5.32 Å². The quantitative estimate of drug-likeness (QED) is 0.651. The minimum Gasteiger partial charge on any atom is -0.467 e. The first-order valence-corrected chi connectivity index (χ1v) is 5.64. The van der Waals surface area contributed by atoms with E-state index in [2.05, 4.69) is 20.3 Å². The zero-order valence-electron chi connectivity index (χ0n) is 9.88. The Labute approximate surface area is 107 Å². The van der Waals surface area contributed by atoms with Crippen LogP contribution in [-0.4, -0.2) is 20.9 Å². The first-order chi connectivity index (χ1) is 9.25. The van der Waals surface area contributed by atoms with Crippen LogP contribution in [0.2, 0.25) is 0 Å². The van der Waals surface area contributed by atoms with Gasteiger partial charge in [0.2, 0.25) is 0 Å². The van der Waals surface area contributed by atoms with E-state index in [1.54, 1.807) is 12.3 Å². The SMILES string of the molecule is NC(=O)c1cnc2nc[nH]c2c1NCc1ccco1. The van der Waals surface area contributed by atoms with Gasteiger partial charge in [0.15, 0.2) is 5.65 Å². The summed E-state index contributed by atoms with van der Waals surface area (Å²) in [5.74, 6) is 0.200. The van der Waals surface area contributed by atoms with Crippen LogP contribution in [0.3, 0.4) is 0 Å². The number of anilines is 1. The smallest absolute Gasteiger partial charge is 0.252 e. The number of amides is 1. The molecule has 0 radical (unpaired) electrons. The lowest BCUT2D eigenvalue weighted by molar-refractivity contribution is 0.100. The maximum atomic E-state index is 11.4. The second-order valence-electron chi connectivity index (χ2n) is 3.95. The van der Waals surface area contributed by atoms with Gasteiger partial charge in [0.1, 0.15) is 11.3 Å². The van der Waals surface area contributed by atoms with Crippen LogP contribution in [0.5, 0.6) is 0 Å². The van der Waals surface area contributed by atoms with Crippen LogP contribution in [0.4, 0.5) is 5.69 Å². The standard InChI is InChI=1S/C12H11N5O2/c13-11(18)8-5-15-12-10(16-6-17-12)9(8)14-4-7-2-1-3-19-7/h1-3,5-6H,4H2,(H2,13,18)(H2,14,15,16,17). The molecule has 0 saturated heterocycles. The van der Waals surface area contributed by atoms with Crippen molar-refractivity contribution in [1.82, 2.24) is 15.0 Å². The summed E-state index contributed by atoms with van der Waals surface area (Å²) in [5, 5.41) is 3.12. The molecule has 3 rings (SSSR count). The molecule has 0 aliphatic carbocycles. The number of rotatable bonds is 4. The molecule has 19 heavy (non-hydrogen) atoms. The van der Waals surface area contributed by atoms with Crippen LogP contribution in [-0.2, 0) is 6.54 Å². The van der Waals surface area contributed by atoms with E-state index in [4.69, 9.17) is 10.2 Å². The van der Waals surface area contributed by atoms with Crippen molar-refractivity contribution in [2.24, 2.45) is 5.73 Å².